The maximum Gasteiger partial charge on any atom is 0.266 e. The number of carbonyl (C=O) groups excluding carboxylic acids is 6. The van der Waals surface area contributed by atoms with Gasteiger partial charge >= 0.3 is 0 Å². The number of carbonyl (C=O) groups is 6. The van der Waals surface area contributed by atoms with E-state index in [0.717, 1.165) is 32.7 Å². The van der Waals surface area contributed by atoms with Crippen LogP contribution < -0.4 is 26.0 Å². The van der Waals surface area contributed by atoms with Crippen LogP contribution in [-0.4, -0.2) is 114 Å². The third-order valence-corrected chi connectivity index (χ3v) is 9.53. The Morgan fingerprint density at radius 1 is 0.783 bits per heavy atom. The number of piperidine rings is 1. The van der Waals surface area contributed by atoms with Crippen molar-refractivity contribution in [1.82, 2.24) is 30.5 Å². The van der Waals surface area contributed by atoms with Gasteiger partial charge in [0.1, 0.15) is 23.9 Å². The van der Waals surface area contributed by atoms with Gasteiger partial charge in [0.25, 0.3) is 17.7 Å². The Labute approximate surface area is 343 Å². The zero-order chi connectivity index (χ0) is 41.8. The molecule has 60 heavy (non-hydrogen) atoms. The van der Waals surface area contributed by atoms with Crippen LogP contribution in [0.5, 0.6) is 5.75 Å². The number of hydrogen-bond acceptors (Lipinski definition) is 13. The number of fused-ring (bicyclic) bond motifs is 2. The molecule has 3 aromatic carbocycles. The molecular weight excluding hydrogens is 777 g/mol. The number of aromatic nitrogens is 3. The SMILES string of the molecule is O=C(COc1cccc2c1C(=O)N(C1CCC(=O)NC1=O)C2=O)NCCOCCOCCOCCC(=O)Nc1cccc(Nc2cc(-c3c[nH]c4ccccc34)ncn2)c1. The van der Waals surface area contributed by atoms with E-state index in [4.69, 9.17) is 18.9 Å². The van der Waals surface area contributed by atoms with Crippen molar-refractivity contribution in [2.45, 2.75) is 25.3 Å². The fourth-order valence-electron chi connectivity index (χ4n) is 6.67. The van der Waals surface area contributed by atoms with Crippen LogP contribution in [0.1, 0.15) is 40.0 Å². The minimum atomic E-state index is -1.11. The van der Waals surface area contributed by atoms with Crippen molar-refractivity contribution in [1.29, 1.82) is 0 Å². The molecule has 2 aliphatic rings. The zero-order valence-corrected chi connectivity index (χ0v) is 32.4. The van der Waals surface area contributed by atoms with Gasteiger partial charge in [-0.25, -0.2) is 9.97 Å². The zero-order valence-electron chi connectivity index (χ0n) is 32.4. The number of nitrogens with zero attached hydrogens (tertiary/aromatic N) is 3. The number of anilines is 3. The van der Waals surface area contributed by atoms with E-state index in [2.05, 4.69) is 36.2 Å². The first-order valence-corrected chi connectivity index (χ1v) is 19.3. The van der Waals surface area contributed by atoms with Crippen molar-refractivity contribution in [2.24, 2.45) is 0 Å². The summed E-state index contributed by atoms with van der Waals surface area (Å²) in [6.45, 7) is 1.37. The molecule has 1 atom stereocenters. The molecule has 6 amide bonds. The maximum absolute atomic E-state index is 13.2. The number of rotatable bonds is 20. The molecule has 18 nitrogen and oxygen atoms in total. The highest BCUT2D eigenvalue weighted by molar-refractivity contribution is 6.24. The van der Waals surface area contributed by atoms with Crippen molar-refractivity contribution in [3.63, 3.8) is 0 Å². The predicted octanol–water partition coefficient (Wildman–Crippen LogP) is 3.34. The molecule has 0 spiro atoms. The number of aromatic amines is 1. The number of imide groups is 2. The lowest BCUT2D eigenvalue weighted by atomic mass is 10.0. The molecule has 4 heterocycles. The lowest BCUT2D eigenvalue weighted by molar-refractivity contribution is -0.136. The third-order valence-electron chi connectivity index (χ3n) is 9.53. The fraction of sp³-hybridized carbons (Fsp3) is 0.286. The summed E-state index contributed by atoms with van der Waals surface area (Å²) in [4.78, 5) is 87.8. The normalized spacial score (nSPS) is 14.9. The first-order chi connectivity index (χ1) is 29.2. The highest BCUT2D eigenvalue weighted by Crippen LogP contribution is 2.34. The predicted molar refractivity (Wildman–Crippen MR) is 216 cm³/mol. The molecule has 7 rings (SSSR count). The lowest BCUT2D eigenvalue weighted by Crippen LogP contribution is -2.54. The monoisotopic (exact) mass is 818 g/mol. The first kappa shape index (κ1) is 41.2. The molecule has 0 saturated carbocycles. The number of para-hydroxylation sites is 1. The molecule has 1 unspecified atom stereocenters. The van der Waals surface area contributed by atoms with E-state index < -0.39 is 42.2 Å². The Hall–Kier alpha value is -7.02. The Morgan fingerprint density at radius 3 is 2.38 bits per heavy atom. The van der Waals surface area contributed by atoms with Gasteiger partial charge in [-0.1, -0.05) is 30.3 Å². The number of amides is 6. The molecule has 0 aliphatic carbocycles. The molecule has 2 aliphatic heterocycles. The third kappa shape index (κ3) is 10.2. The second-order valence-electron chi connectivity index (χ2n) is 13.6. The average Bonchev–Trinajstić information content (AvgIpc) is 3.79. The summed E-state index contributed by atoms with van der Waals surface area (Å²) in [7, 11) is 0. The molecule has 1 saturated heterocycles. The van der Waals surface area contributed by atoms with E-state index in [-0.39, 0.29) is 68.4 Å². The van der Waals surface area contributed by atoms with Crippen molar-refractivity contribution in [3.05, 3.63) is 96.4 Å². The van der Waals surface area contributed by atoms with Crippen LogP contribution in [0.3, 0.4) is 0 Å². The summed E-state index contributed by atoms with van der Waals surface area (Å²) in [5.74, 6) is -2.61. The second-order valence-corrected chi connectivity index (χ2v) is 13.6. The summed E-state index contributed by atoms with van der Waals surface area (Å²) in [5.41, 5.74) is 4.16. The Bertz CT molecular complexity index is 2400. The number of H-pyrrole nitrogens is 1. The van der Waals surface area contributed by atoms with Gasteiger partial charge in [0.2, 0.25) is 17.7 Å². The lowest BCUT2D eigenvalue weighted by Gasteiger charge is -2.27. The van der Waals surface area contributed by atoms with Gasteiger partial charge in [0.05, 0.1) is 62.9 Å². The van der Waals surface area contributed by atoms with Crippen molar-refractivity contribution >= 4 is 63.5 Å². The minimum absolute atomic E-state index is 0.00265. The van der Waals surface area contributed by atoms with Crippen LogP contribution in [-0.2, 0) is 33.4 Å². The largest absolute Gasteiger partial charge is 0.483 e. The molecule has 0 radical (unpaired) electrons. The van der Waals surface area contributed by atoms with Crippen molar-refractivity contribution in [2.75, 3.05) is 63.4 Å². The highest BCUT2D eigenvalue weighted by atomic mass is 16.5. The molecular formula is C42H42N8O10. The summed E-state index contributed by atoms with van der Waals surface area (Å²) in [6.07, 6.45) is 3.62. The van der Waals surface area contributed by atoms with Gasteiger partial charge in [-0.15, -0.1) is 0 Å². The van der Waals surface area contributed by atoms with Crippen LogP contribution >= 0.6 is 0 Å². The van der Waals surface area contributed by atoms with E-state index in [1.807, 2.05) is 54.7 Å². The molecule has 1 fully saturated rings. The van der Waals surface area contributed by atoms with Gasteiger partial charge < -0.3 is 39.9 Å². The smallest absolute Gasteiger partial charge is 0.266 e. The molecule has 5 N–H and O–H groups in total. The van der Waals surface area contributed by atoms with Crippen LogP contribution in [0.25, 0.3) is 22.2 Å². The summed E-state index contributed by atoms with van der Waals surface area (Å²) >= 11 is 0. The Morgan fingerprint density at radius 2 is 1.55 bits per heavy atom. The summed E-state index contributed by atoms with van der Waals surface area (Å²) in [5, 5.41) is 12.0. The number of ether oxygens (including phenoxy) is 4. The Balaban J connectivity index is 0.718. The van der Waals surface area contributed by atoms with Gasteiger partial charge in [-0.2, -0.15) is 0 Å². The van der Waals surface area contributed by atoms with Gasteiger partial charge in [0, 0.05) is 53.1 Å². The first-order valence-electron chi connectivity index (χ1n) is 19.3. The standard InChI is InChI=1S/C42H42N8O10/c51-36-12-11-33(40(54)49-36)50-41(55)29-8-4-10-34(39(29)42(50)56)60-24-38(53)43-14-16-58-18-20-59-19-17-57-15-13-37(52)48-27-6-3-5-26(21-27)47-35-22-32(45-25-46-35)30-23-44-31-9-2-1-7-28(30)31/h1-10,21-23,25,33,44H,11-20,24H2,(H,43,53)(H,48,52)(H,45,46,47)(H,49,51,54). The van der Waals surface area contributed by atoms with Crippen LogP contribution in [0.4, 0.5) is 17.2 Å². The molecule has 310 valence electrons. The Kier molecular flexibility index (Phi) is 13.5. The summed E-state index contributed by atoms with van der Waals surface area (Å²) in [6, 6.07) is 20.5. The quantitative estimate of drug-likeness (QED) is 0.0561. The fourth-order valence-corrected chi connectivity index (χ4v) is 6.67. The molecule has 2 aromatic heterocycles. The van der Waals surface area contributed by atoms with Gasteiger partial charge in [-0.3, -0.25) is 39.0 Å². The van der Waals surface area contributed by atoms with E-state index in [1.165, 1.54) is 24.5 Å². The second kappa shape index (κ2) is 19.6. The molecule has 18 heteroatoms. The summed E-state index contributed by atoms with van der Waals surface area (Å²) < 4.78 is 22.1. The van der Waals surface area contributed by atoms with E-state index in [0.29, 0.717) is 31.3 Å². The van der Waals surface area contributed by atoms with Gasteiger partial charge in [-0.05, 0) is 42.8 Å². The average molecular weight is 819 g/mol. The van der Waals surface area contributed by atoms with Crippen molar-refractivity contribution < 1.29 is 47.7 Å². The topological polar surface area (TPSA) is 232 Å². The van der Waals surface area contributed by atoms with E-state index in [1.54, 1.807) is 6.07 Å². The number of nitrogens with one attached hydrogen (secondary N) is 5. The highest BCUT2D eigenvalue weighted by Gasteiger charge is 2.46. The molecule has 5 aromatic rings. The van der Waals surface area contributed by atoms with Crippen LogP contribution in [0, 0.1) is 0 Å². The number of benzene rings is 3. The number of hydrogen-bond donors (Lipinski definition) is 5. The molecule has 0 bridgehead atoms. The van der Waals surface area contributed by atoms with Crippen molar-refractivity contribution in [3.8, 4) is 17.0 Å². The van der Waals surface area contributed by atoms with E-state index >= 15 is 0 Å². The maximum atomic E-state index is 13.2. The van der Waals surface area contributed by atoms with Gasteiger partial charge in [0.15, 0.2) is 6.61 Å². The van der Waals surface area contributed by atoms with Crippen LogP contribution in [0.2, 0.25) is 0 Å². The van der Waals surface area contributed by atoms with Crippen LogP contribution in [0.15, 0.2) is 85.3 Å². The van der Waals surface area contributed by atoms with E-state index in [9.17, 15) is 28.8 Å². The minimum Gasteiger partial charge on any atom is -0.483 e.